The van der Waals surface area contributed by atoms with Crippen LogP contribution in [0.15, 0.2) is 59.7 Å². The van der Waals surface area contributed by atoms with Crippen molar-refractivity contribution in [3.8, 4) is 0 Å². The van der Waals surface area contributed by atoms with Crippen LogP contribution in [0.25, 0.3) is 0 Å². The minimum Gasteiger partial charge on any atom is -0.266 e. The van der Waals surface area contributed by atoms with Crippen LogP contribution >= 0.6 is 0 Å². The molecule has 0 heterocycles. The molecule has 2 aromatic rings. The summed E-state index contributed by atoms with van der Waals surface area (Å²) in [6, 6.07) is 16.3. The van der Waals surface area contributed by atoms with Gasteiger partial charge in [0.15, 0.2) is 0 Å². The van der Waals surface area contributed by atoms with E-state index in [2.05, 4.69) is 5.10 Å². The molecule has 86 valence electrons. The highest BCUT2D eigenvalue weighted by molar-refractivity contribution is 5.80. The molecule has 3 heteroatoms. The van der Waals surface area contributed by atoms with Crippen molar-refractivity contribution in [3.05, 3.63) is 66.0 Å². The molecule has 0 N–H and O–H groups in total. The molecule has 0 saturated heterocycles. The van der Waals surface area contributed by atoms with Crippen molar-refractivity contribution in [3.63, 3.8) is 0 Å². The first-order chi connectivity index (χ1) is 8.27. The number of hydrogen-bond donors (Lipinski definition) is 0. The molecule has 0 fully saturated rings. The Morgan fingerprint density at radius 1 is 1.00 bits per heavy atom. The van der Waals surface area contributed by atoms with Crippen molar-refractivity contribution in [2.45, 2.75) is 0 Å². The Labute approximate surface area is 100 Å². The van der Waals surface area contributed by atoms with E-state index in [0.717, 1.165) is 5.56 Å². The van der Waals surface area contributed by atoms with Crippen LogP contribution in [0.3, 0.4) is 0 Å². The SMILES string of the molecule is CN(N=Cc1ccccc1)c1ccccc1F. The van der Waals surface area contributed by atoms with Crippen LogP contribution in [0, 0.1) is 5.82 Å². The summed E-state index contributed by atoms with van der Waals surface area (Å²) in [6.45, 7) is 0. The number of benzene rings is 2. The second kappa shape index (κ2) is 5.25. The maximum absolute atomic E-state index is 13.5. The number of nitrogens with zero attached hydrogens (tertiary/aromatic N) is 2. The molecule has 0 atom stereocenters. The number of para-hydroxylation sites is 1. The van der Waals surface area contributed by atoms with Gasteiger partial charge in [-0.15, -0.1) is 0 Å². The third kappa shape index (κ3) is 2.91. The van der Waals surface area contributed by atoms with Gasteiger partial charge >= 0.3 is 0 Å². The van der Waals surface area contributed by atoms with Crippen molar-refractivity contribution >= 4 is 11.9 Å². The van der Waals surface area contributed by atoms with Gasteiger partial charge in [-0.25, -0.2) is 4.39 Å². The van der Waals surface area contributed by atoms with Gasteiger partial charge in [-0.05, 0) is 17.7 Å². The summed E-state index contributed by atoms with van der Waals surface area (Å²) in [7, 11) is 1.72. The Balaban J connectivity index is 2.15. The summed E-state index contributed by atoms with van der Waals surface area (Å²) in [6.07, 6.45) is 1.70. The smallest absolute Gasteiger partial charge is 0.148 e. The second-order valence-corrected chi connectivity index (χ2v) is 3.63. The fourth-order valence-electron chi connectivity index (χ4n) is 1.47. The fourth-order valence-corrected chi connectivity index (χ4v) is 1.47. The zero-order valence-corrected chi connectivity index (χ0v) is 9.55. The summed E-state index contributed by atoms with van der Waals surface area (Å²) in [5.74, 6) is -0.278. The molecule has 0 amide bonds. The monoisotopic (exact) mass is 228 g/mol. The summed E-state index contributed by atoms with van der Waals surface area (Å²) < 4.78 is 13.5. The predicted molar refractivity (Wildman–Crippen MR) is 68.8 cm³/mol. The summed E-state index contributed by atoms with van der Waals surface area (Å²) in [5.41, 5.74) is 1.44. The van der Waals surface area contributed by atoms with Crippen molar-refractivity contribution in [1.82, 2.24) is 0 Å². The fraction of sp³-hybridized carbons (Fsp3) is 0.0714. The molecule has 0 radical (unpaired) electrons. The average molecular weight is 228 g/mol. The Bertz CT molecular complexity index is 509. The molecule has 0 aromatic heterocycles. The van der Waals surface area contributed by atoms with Crippen LogP contribution in [-0.2, 0) is 0 Å². The van der Waals surface area contributed by atoms with Gasteiger partial charge in [0, 0.05) is 7.05 Å². The van der Waals surface area contributed by atoms with Crippen LogP contribution in [0.1, 0.15) is 5.56 Å². The van der Waals surface area contributed by atoms with Crippen LogP contribution < -0.4 is 5.01 Å². The van der Waals surface area contributed by atoms with E-state index in [1.54, 1.807) is 31.5 Å². The Morgan fingerprint density at radius 3 is 2.35 bits per heavy atom. The van der Waals surface area contributed by atoms with Crippen molar-refractivity contribution in [2.24, 2.45) is 5.10 Å². The first-order valence-electron chi connectivity index (χ1n) is 5.34. The molecule has 0 aliphatic carbocycles. The van der Waals surface area contributed by atoms with E-state index in [0.29, 0.717) is 5.69 Å². The minimum absolute atomic E-state index is 0.278. The van der Waals surface area contributed by atoms with E-state index in [4.69, 9.17) is 0 Å². The lowest BCUT2D eigenvalue weighted by Gasteiger charge is -2.13. The molecular formula is C14H13FN2. The lowest BCUT2D eigenvalue weighted by molar-refractivity contribution is 0.624. The van der Waals surface area contributed by atoms with E-state index in [1.807, 2.05) is 30.3 Å². The predicted octanol–water partition coefficient (Wildman–Crippen LogP) is 3.30. The number of anilines is 1. The highest BCUT2D eigenvalue weighted by atomic mass is 19.1. The van der Waals surface area contributed by atoms with Crippen LogP contribution in [0.4, 0.5) is 10.1 Å². The third-order valence-corrected chi connectivity index (χ3v) is 2.38. The van der Waals surface area contributed by atoms with Gasteiger partial charge in [-0.3, -0.25) is 5.01 Å². The zero-order chi connectivity index (χ0) is 12.1. The van der Waals surface area contributed by atoms with Gasteiger partial charge in [0.2, 0.25) is 0 Å². The lowest BCUT2D eigenvalue weighted by atomic mass is 10.2. The van der Waals surface area contributed by atoms with Crippen molar-refractivity contribution in [2.75, 3.05) is 12.1 Å². The molecule has 0 spiro atoms. The number of halogens is 1. The largest absolute Gasteiger partial charge is 0.266 e. The summed E-state index contributed by atoms with van der Waals surface area (Å²) in [4.78, 5) is 0. The normalized spacial score (nSPS) is 10.7. The van der Waals surface area contributed by atoms with E-state index in [1.165, 1.54) is 11.1 Å². The van der Waals surface area contributed by atoms with Gasteiger partial charge in [-0.2, -0.15) is 5.10 Å². The highest BCUT2D eigenvalue weighted by Gasteiger charge is 2.03. The molecule has 17 heavy (non-hydrogen) atoms. The molecule has 2 aromatic carbocycles. The molecule has 0 aliphatic heterocycles. The van der Waals surface area contributed by atoms with Crippen molar-refractivity contribution < 1.29 is 4.39 Å². The van der Waals surface area contributed by atoms with Gasteiger partial charge in [0.25, 0.3) is 0 Å². The zero-order valence-electron chi connectivity index (χ0n) is 9.55. The third-order valence-electron chi connectivity index (χ3n) is 2.38. The average Bonchev–Trinajstić information content (AvgIpc) is 2.38. The van der Waals surface area contributed by atoms with E-state index in [-0.39, 0.29) is 5.82 Å². The first-order valence-corrected chi connectivity index (χ1v) is 5.34. The Hall–Kier alpha value is -2.16. The Kier molecular flexibility index (Phi) is 3.50. The molecular weight excluding hydrogens is 215 g/mol. The molecule has 2 rings (SSSR count). The van der Waals surface area contributed by atoms with E-state index in [9.17, 15) is 4.39 Å². The number of hydrazone groups is 1. The van der Waals surface area contributed by atoms with Gasteiger partial charge in [0.05, 0.1) is 11.9 Å². The van der Waals surface area contributed by atoms with Gasteiger partial charge in [0.1, 0.15) is 5.82 Å². The first kappa shape index (κ1) is 11.3. The highest BCUT2D eigenvalue weighted by Crippen LogP contribution is 2.16. The van der Waals surface area contributed by atoms with Crippen LogP contribution in [-0.4, -0.2) is 13.3 Å². The van der Waals surface area contributed by atoms with Crippen molar-refractivity contribution in [1.29, 1.82) is 0 Å². The van der Waals surface area contributed by atoms with Gasteiger partial charge < -0.3 is 0 Å². The standard InChI is InChI=1S/C14H13FN2/c1-17(14-10-6-5-9-13(14)15)16-11-12-7-3-2-4-8-12/h2-11H,1H3. The van der Waals surface area contributed by atoms with E-state index >= 15 is 0 Å². The number of rotatable bonds is 3. The lowest BCUT2D eigenvalue weighted by Crippen LogP contribution is -2.10. The quantitative estimate of drug-likeness (QED) is 0.581. The molecule has 2 nitrogen and oxygen atoms in total. The van der Waals surface area contributed by atoms with Gasteiger partial charge in [-0.1, -0.05) is 42.5 Å². The molecule has 0 saturated carbocycles. The summed E-state index contributed by atoms with van der Waals surface area (Å²) in [5, 5.41) is 5.71. The molecule has 0 unspecified atom stereocenters. The topological polar surface area (TPSA) is 15.6 Å². The molecule has 0 aliphatic rings. The Morgan fingerprint density at radius 2 is 1.65 bits per heavy atom. The van der Waals surface area contributed by atoms with E-state index < -0.39 is 0 Å². The number of hydrogen-bond acceptors (Lipinski definition) is 2. The minimum atomic E-state index is -0.278. The summed E-state index contributed by atoms with van der Waals surface area (Å²) >= 11 is 0. The second-order valence-electron chi connectivity index (χ2n) is 3.63. The maximum atomic E-state index is 13.5. The molecule has 0 bridgehead atoms. The van der Waals surface area contributed by atoms with Crippen LogP contribution in [0.5, 0.6) is 0 Å². The maximum Gasteiger partial charge on any atom is 0.148 e. The van der Waals surface area contributed by atoms with Crippen LogP contribution in [0.2, 0.25) is 0 Å².